The van der Waals surface area contributed by atoms with Crippen LogP contribution in [0, 0.1) is 0 Å². The van der Waals surface area contributed by atoms with Crippen molar-refractivity contribution in [3.63, 3.8) is 0 Å². The highest BCUT2D eigenvalue weighted by atomic mass is 32.1. The minimum Gasteiger partial charge on any atom is -0.489 e. The molecule has 0 amide bonds. The maximum absolute atomic E-state index is 6.09. The lowest BCUT2D eigenvalue weighted by Gasteiger charge is -2.14. The number of hydrogen-bond donors (Lipinski definition) is 0. The summed E-state index contributed by atoms with van der Waals surface area (Å²) in [7, 11) is 0. The fourth-order valence-corrected chi connectivity index (χ4v) is 3.50. The first kappa shape index (κ1) is 19.3. The van der Waals surface area contributed by atoms with Crippen molar-refractivity contribution >= 4 is 27.0 Å². The van der Waals surface area contributed by atoms with Crippen LogP contribution in [0.5, 0.6) is 5.75 Å². The van der Waals surface area contributed by atoms with E-state index in [-0.39, 0.29) is 0 Å². The van der Waals surface area contributed by atoms with E-state index in [4.69, 9.17) is 4.74 Å². The third-order valence-corrected chi connectivity index (χ3v) is 4.76. The van der Waals surface area contributed by atoms with Crippen LogP contribution in [0.15, 0.2) is 54.4 Å². The predicted octanol–water partition coefficient (Wildman–Crippen LogP) is 7.49. The van der Waals surface area contributed by atoms with Crippen LogP contribution in [0.1, 0.15) is 50.8 Å². The van der Waals surface area contributed by atoms with E-state index in [0.717, 1.165) is 17.7 Å². The van der Waals surface area contributed by atoms with Gasteiger partial charge in [-0.3, -0.25) is 0 Å². The first-order valence-corrected chi connectivity index (χ1v) is 9.85. The number of allylic oxidation sites excluding steroid dienone is 1. The summed E-state index contributed by atoms with van der Waals surface area (Å²) in [4.78, 5) is 0. The van der Waals surface area contributed by atoms with Gasteiger partial charge in [0.15, 0.2) is 0 Å². The van der Waals surface area contributed by atoms with Gasteiger partial charge in [-0.15, -0.1) is 11.3 Å². The molecule has 2 heteroatoms. The predicted molar refractivity (Wildman–Crippen MR) is 113 cm³/mol. The molecule has 1 aromatic heterocycles. The Hall–Kier alpha value is -2.06. The summed E-state index contributed by atoms with van der Waals surface area (Å²) >= 11 is 1.77. The SMILES string of the molecule is C=C(C)c1cccc(OCc2ccc3sccc3c2)c1CC.CCC. The van der Waals surface area contributed by atoms with Gasteiger partial charge in [-0.1, -0.05) is 57.5 Å². The van der Waals surface area contributed by atoms with Crippen LogP contribution in [0.3, 0.4) is 0 Å². The molecule has 3 rings (SSSR count). The van der Waals surface area contributed by atoms with E-state index in [0.29, 0.717) is 6.61 Å². The first-order valence-electron chi connectivity index (χ1n) is 8.97. The van der Waals surface area contributed by atoms with E-state index in [1.807, 2.05) is 19.1 Å². The Kier molecular flexibility index (Phi) is 7.27. The van der Waals surface area contributed by atoms with Gasteiger partial charge in [0.2, 0.25) is 0 Å². The van der Waals surface area contributed by atoms with Crippen molar-refractivity contribution in [3.8, 4) is 5.75 Å². The van der Waals surface area contributed by atoms with Gasteiger partial charge in [0, 0.05) is 10.3 Å². The Morgan fingerprint density at radius 2 is 1.84 bits per heavy atom. The van der Waals surface area contributed by atoms with E-state index in [1.54, 1.807) is 11.3 Å². The molecule has 0 aliphatic carbocycles. The maximum Gasteiger partial charge on any atom is 0.123 e. The van der Waals surface area contributed by atoms with E-state index >= 15 is 0 Å². The molecule has 0 saturated carbocycles. The molecular formula is C23H28OS. The summed E-state index contributed by atoms with van der Waals surface area (Å²) in [6.07, 6.45) is 2.20. The molecule has 3 aromatic rings. The minimum absolute atomic E-state index is 0.596. The van der Waals surface area contributed by atoms with Crippen molar-refractivity contribution in [2.24, 2.45) is 0 Å². The molecule has 0 bridgehead atoms. The first-order chi connectivity index (χ1) is 12.1. The Morgan fingerprint density at radius 3 is 2.52 bits per heavy atom. The fraction of sp³-hybridized carbons (Fsp3) is 0.304. The molecule has 0 radical (unpaired) electrons. The number of benzene rings is 2. The molecule has 1 nitrogen and oxygen atoms in total. The summed E-state index contributed by atoms with van der Waals surface area (Å²) in [6, 6.07) is 14.9. The quantitative estimate of drug-likeness (QED) is 0.462. The number of fused-ring (bicyclic) bond motifs is 1. The minimum atomic E-state index is 0.596. The Morgan fingerprint density at radius 1 is 1.08 bits per heavy atom. The number of rotatable bonds is 5. The summed E-state index contributed by atoms with van der Waals surface area (Å²) in [5.41, 5.74) is 4.73. The van der Waals surface area contributed by atoms with Crippen molar-refractivity contribution in [1.82, 2.24) is 0 Å². The van der Waals surface area contributed by atoms with E-state index in [2.05, 4.69) is 63.1 Å². The summed E-state index contributed by atoms with van der Waals surface area (Å²) in [5.74, 6) is 0.966. The Labute approximate surface area is 156 Å². The smallest absolute Gasteiger partial charge is 0.123 e. The highest BCUT2D eigenvalue weighted by Crippen LogP contribution is 2.28. The van der Waals surface area contributed by atoms with E-state index in [9.17, 15) is 0 Å². The second-order valence-corrected chi connectivity index (χ2v) is 7.15. The normalized spacial score (nSPS) is 10.2. The Balaban J connectivity index is 0.000000701. The standard InChI is InChI=1S/C20H20OS.C3H8/c1-4-17-18(14(2)3)6-5-7-19(17)21-13-15-8-9-20-16(12-15)10-11-22-20;1-3-2/h5-12H,2,4,13H2,1,3H3;3H2,1-2H3. The maximum atomic E-state index is 6.09. The van der Waals surface area contributed by atoms with E-state index in [1.165, 1.54) is 33.2 Å². The largest absolute Gasteiger partial charge is 0.489 e. The Bertz CT molecular complexity index is 829. The van der Waals surface area contributed by atoms with Gasteiger partial charge in [0.1, 0.15) is 12.4 Å². The highest BCUT2D eigenvalue weighted by Gasteiger charge is 2.09. The second kappa shape index (κ2) is 9.43. The molecule has 132 valence electrons. The molecule has 0 atom stereocenters. The molecule has 0 aliphatic heterocycles. The van der Waals surface area contributed by atoms with Crippen LogP contribution in [0.25, 0.3) is 15.7 Å². The molecule has 1 heterocycles. The lowest BCUT2D eigenvalue weighted by atomic mass is 9.99. The molecule has 0 unspecified atom stereocenters. The molecule has 2 aromatic carbocycles. The average Bonchev–Trinajstić information content (AvgIpc) is 3.07. The van der Waals surface area contributed by atoms with Gasteiger partial charge >= 0.3 is 0 Å². The van der Waals surface area contributed by atoms with Crippen molar-refractivity contribution in [1.29, 1.82) is 0 Å². The zero-order valence-electron chi connectivity index (χ0n) is 15.8. The van der Waals surface area contributed by atoms with Crippen molar-refractivity contribution in [2.45, 2.75) is 47.1 Å². The number of hydrogen-bond acceptors (Lipinski definition) is 2. The summed E-state index contributed by atoms with van der Waals surface area (Å²) in [6.45, 7) is 13.1. The van der Waals surface area contributed by atoms with Crippen molar-refractivity contribution in [3.05, 3.63) is 71.1 Å². The number of thiophene rings is 1. The van der Waals surface area contributed by atoms with E-state index < -0.39 is 0 Å². The molecule has 0 saturated heterocycles. The summed E-state index contributed by atoms with van der Waals surface area (Å²) in [5, 5.41) is 3.42. The highest BCUT2D eigenvalue weighted by molar-refractivity contribution is 7.17. The third kappa shape index (κ3) is 4.96. The van der Waals surface area contributed by atoms with Crippen LogP contribution in [0.2, 0.25) is 0 Å². The van der Waals surface area contributed by atoms with Gasteiger partial charge in [0.05, 0.1) is 0 Å². The lowest BCUT2D eigenvalue weighted by Crippen LogP contribution is -2.00. The molecule has 0 N–H and O–H groups in total. The molecule has 25 heavy (non-hydrogen) atoms. The lowest BCUT2D eigenvalue weighted by molar-refractivity contribution is 0.303. The molecule has 0 fully saturated rings. The fourth-order valence-electron chi connectivity index (χ4n) is 2.73. The topological polar surface area (TPSA) is 9.23 Å². The van der Waals surface area contributed by atoms with Gasteiger partial charge in [-0.2, -0.15) is 0 Å². The monoisotopic (exact) mass is 352 g/mol. The van der Waals surface area contributed by atoms with Gasteiger partial charge < -0.3 is 4.74 Å². The van der Waals surface area contributed by atoms with Crippen molar-refractivity contribution in [2.75, 3.05) is 0 Å². The van der Waals surface area contributed by atoms with Gasteiger partial charge in [0.25, 0.3) is 0 Å². The molecule has 0 aliphatic rings. The number of ether oxygens (including phenoxy) is 1. The van der Waals surface area contributed by atoms with Crippen molar-refractivity contribution < 1.29 is 4.74 Å². The van der Waals surface area contributed by atoms with Gasteiger partial charge in [-0.05, 0) is 59.5 Å². The van der Waals surface area contributed by atoms with Crippen LogP contribution >= 0.6 is 11.3 Å². The van der Waals surface area contributed by atoms with Crippen LogP contribution in [0.4, 0.5) is 0 Å². The second-order valence-electron chi connectivity index (χ2n) is 6.20. The summed E-state index contributed by atoms with van der Waals surface area (Å²) < 4.78 is 7.41. The molecular weight excluding hydrogens is 324 g/mol. The van der Waals surface area contributed by atoms with Crippen LogP contribution in [-0.4, -0.2) is 0 Å². The van der Waals surface area contributed by atoms with Crippen LogP contribution < -0.4 is 4.74 Å². The third-order valence-electron chi connectivity index (χ3n) is 3.86. The zero-order chi connectivity index (χ0) is 18.2. The molecule has 0 spiro atoms. The zero-order valence-corrected chi connectivity index (χ0v) is 16.6. The van der Waals surface area contributed by atoms with Gasteiger partial charge in [-0.25, -0.2) is 0 Å². The van der Waals surface area contributed by atoms with Crippen LogP contribution in [-0.2, 0) is 13.0 Å². The average molecular weight is 353 g/mol.